The fourth-order valence-corrected chi connectivity index (χ4v) is 0.881. The van der Waals surface area contributed by atoms with Crippen LogP contribution in [0.5, 0.6) is 5.75 Å². The van der Waals surface area contributed by atoms with Crippen molar-refractivity contribution in [3.05, 3.63) is 30.1 Å². The minimum atomic E-state index is -0.438. The maximum Gasteiger partial charge on any atom is 0.227 e. The molecule has 0 saturated heterocycles. The van der Waals surface area contributed by atoms with Gasteiger partial charge in [0.25, 0.3) is 0 Å². The van der Waals surface area contributed by atoms with Gasteiger partial charge < -0.3 is 4.74 Å². The van der Waals surface area contributed by atoms with Crippen molar-refractivity contribution in [1.82, 2.24) is 0 Å². The van der Waals surface area contributed by atoms with Gasteiger partial charge in [-0.25, -0.2) is 4.39 Å². The third-order valence-corrected chi connectivity index (χ3v) is 2.07. The molecule has 0 bridgehead atoms. The first kappa shape index (κ1) is 11.0. The molecule has 1 rings (SSSR count). The Bertz CT molecular complexity index is 310. The number of hydrogen-bond donors (Lipinski definition) is 0. The molecule has 0 fully saturated rings. The molecule has 0 saturated carbocycles. The van der Waals surface area contributed by atoms with Crippen LogP contribution in [0.2, 0.25) is 0 Å². The summed E-state index contributed by atoms with van der Waals surface area (Å²) in [5.74, 6) is -0.156. The van der Waals surface area contributed by atoms with Crippen LogP contribution in [0.15, 0.2) is 24.3 Å². The molecular weight excluding hydrogens is 207 g/mol. The van der Waals surface area contributed by atoms with E-state index in [0.29, 0.717) is 5.75 Å². The number of benzene rings is 1. The molecule has 1 aromatic rings. The molecule has 2 nitrogen and oxygen atoms in total. The largest absolute Gasteiger partial charge is 0.493 e. The molecule has 0 heterocycles. The summed E-state index contributed by atoms with van der Waals surface area (Å²) in [4.78, 5) is 10.6. The second kappa shape index (κ2) is 4.96. The molecular formula is C10H10ClFO2. The predicted octanol–water partition coefficient (Wildman–Crippen LogP) is 2.61. The molecule has 0 N–H and O–H groups in total. The molecule has 1 atom stereocenters. The van der Waals surface area contributed by atoms with Crippen molar-refractivity contribution in [2.24, 2.45) is 5.92 Å². The zero-order valence-corrected chi connectivity index (χ0v) is 8.42. The minimum absolute atomic E-state index is 0.202. The van der Waals surface area contributed by atoms with Gasteiger partial charge in [-0.15, -0.1) is 0 Å². The molecule has 4 heteroatoms. The van der Waals surface area contributed by atoms with E-state index in [1.165, 1.54) is 24.3 Å². The van der Waals surface area contributed by atoms with E-state index in [2.05, 4.69) is 0 Å². The number of rotatable bonds is 4. The maximum absolute atomic E-state index is 12.5. The number of ether oxygens (including phenoxy) is 1. The van der Waals surface area contributed by atoms with E-state index < -0.39 is 5.24 Å². The molecule has 1 aromatic carbocycles. The van der Waals surface area contributed by atoms with Crippen LogP contribution < -0.4 is 4.74 Å². The van der Waals surface area contributed by atoms with Crippen molar-refractivity contribution in [2.75, 3.05) is 6.61 Å². The lowest BCUT2D eigenvalue weighted by atomic mass is 10.2. The van der Waals surface area contributed by atoms with Crippen LogP contribution in [0, 0.1) is 11.7 Å². The monoisotopic (exact) mass is 216 g/mol. The number of hydrogen-bond acceptors (Lipinski definition) is 2. The van der Waals surface area contributed by atoms with Crippen molar-refractivity contribution in [2.45, 2.75) is 6.92 Å². The maximum atomic E-state index is 12.5. The average molecular weight is 217 g/mol. The van der Waals surface area contributed by atoms with E-state index in [-0.39, 0.29) is 18.3 Å². The Hall–Kier alpha value is -1.09. The summed E-state index contributed by atoms with van der Waals surface area (Å²) in [6.07, 6.45) is 0. The van der Waals surface area contributed by atoms with Crippen molar-refractivity contribution < 1.29 is 13.9 Å². The van der Waals surface area contributed by atoms with Gasteiger partial charge in [0.05, 0.1) is 12.5 Å². The Kier molecular flexibility index (Phi) is 3.89. The third kappa shape index (κ3) is 3.34. The van der Waals surface area contributed by atoms with Gasteiger partial charge in [-0.1, -0.05) is 6.92 Å². The SMILES string of the molecule is CC(COc1ccc(F)cc1)C(=O)Cl. The topological polar surface area (TPSA) is 26.3 Å². The summed E-state index contributed by atoms with van der Waals surface area (Å²) >= 11 is 5.24. The van der Waals surface area contributed by atoms with E-state index in [0.717, 1.165) is 0 Å². The molecule has 0 aliphatic carbocycles. The number of carbonyl (C=O) groups is 1. The molecule has 0 aromatic heterocycles. The second-order valence-corrected chi connectivity index (χ2v) is 3.34. The summed E-state index contributed by atoms with van der Waals surface area (Å²) in [5, 5.41) is -0.438. The van der Waals surface area contributed by atoms with Gasteiger partial charge in [0.1, 0.15) is 11.6 Å². The van der Waals surface area contributed by atoms with Gasteiger partial charge in [0.2, 0.25) is 5.24 Å². The summed E-state index contributed by atoms with van der Waals surface area (Å²) in [5.41, 5.74) is 0. The normalized spacial score (nSPS) is 12.2. The fraction of sp³-hybridized carbons (Fsp3) is 0.300. The average Bonchev–Trinajstić information content (AvgIpc) is 2.16. The van der Waals surface area contributed by atoms with Crippen LogP contribution in [0.25, 0.3) is 0 Å². The molecule has 0 amide bonds. The van der Waals surface area contributed by atoms with Gasteiger partial charge in [-0.3, -0.25) is 4.79 Å². The Morgan fingerprint density at radius 3 is 2.57 bits per heavy atom. The first-order valence-electron chi connectivity index (χ1n) is 4.17. The molecule has 0 spiro atoms. The van der Waals surface area contributed by atoms with Gasteiger partial charge in [0, 0.05) is 0 Å². The molecule has 1 unspecified atom stereocenters. The summed E-state index contributed by atoms with van der Waals surface area (Å²) in [6.45, 7) is 1.87. The predicted molar refractivity (Wildman–Crippen MR) is 51.9 cm³/mol. The highest BCUT2D eigenvalue weighted by Gasteiger charge is 2.10. The molecule has 0 aliphatic rings. The molecule has 14 heavy (non-hydrogen) atoms. The second-order valence-electron chi connectivity index (χ2n) is 2.97. The Balaban J connectivity index is 2.46. The summed E-state index contributed by atoms with van der Waals surface area (Å²) in [7, 11) is 0. The lowest BCUT2D eigenvalue weighted by Gasteiger charge is -2.08. The first-order valence-corrected chi connectivity index (χ1v) is 4.55. The summed E-state index contributed by atoms with van der Waals surface area (Å²) < 4.78 is 17.7. The minimum Gasteiger partial charge on any atom is -0.493 e. The van der Waals surface area contributed by atoms with Gasteiger partial charge in [0.15, 0.2) is 0 Å². The van der Waals surface area contributed by atoms with Crippen LogP contribution in [0.4, 0.5) is 4.39 Å². The zero-order valence-electron chi connectivity index (χ0n) is 7.67. The highest BCUT2D eigenvalue weighted by atomic mass is 35.5. The molecule has 0 aliphatic heterocycles. The van der Waals surface area contributed by atoms with Gasteiger partial charge in [-0.05, 0) is 35.9 Å². The van der Waals surface area contributed by atoms with Crippen LogP contribution in [0.3, 0.4) is 0 Å². The first-order chi connectivity index (χ1) is 6.59. The standard InChI is InChI=1S/C10H10ClFO2/c1-7(10(11)13)6-14-9-4-2-8(12)3-5-9/h2-5,7H,6H2,1H3. The van der Waals surface area contributed by atoms with E-state index >= 15 is 0 Å². The van der Waals surface area contributed by atoms with Crippen molar-refractivity contribution >= 4 is 16.8 Å². The lowest BCUT2D eigenvalue weighted by molar-refractivity contribution is -0.115. The summed E-state index contributed by atoms with van der Waals surface area (Å²) in [6, 6.07) is 5.59. The Morgan fingerprint density at radius 2 is 2.07 bits per heavy atom. The van der Waals surface area contributed by atoms with Crippen molar-refractivity contribution in [1.29, 1.82) is 0 Å². The Morgan fingerprint density at radius 1 is 1.50 bits per heavy atom. The number of carbonyl (C=O) groups excluding carboxylic acids is 1. The highest BCUT2D eigenvalue weighted by molar-refractivity contribution is 6.63. The van der Waals surface area contributed by atoms with Crippen LogP contribution in [0.1, 0.15) is 6.92 Å². The van der Waals surface area contributed by atoms with Gasteiger partial charge >= 0.3 is 0 Å². The van der Waals surface area contributed by atoms with Crippen LogP contribution in [-0.4, -0.2) is 11.8 Å². The zero-order chi connectivity index (χ0) is 10.6. The van der Waals surface area contributed by atoms with E-state index in [1.54, 1.807) is 6.92 Å². The number of halogens is 2. The Labute approximate surface area is 86.6 Å². The van der Waals surface area contributed by atoms with Crippen molar-refractivity contribution in [3.8, 4) is 5.75 Å². The molecule has 76 valence electrons. The van der Waals surface area contributed by atoms with E-state index in [4.69, 9.17) is 16.3 Å². The third-order valence-electron chi connectivity index (χ3n) is 1.70. The van der Waals surface area contributed by atoms with Crippen molar-refractivity contribution in [3.63, 3.8) is 0 Å². The van der Waals surface area contributed by atoms with Crippen LogP contribution in [-0.2, 0) is 4.79 Å². The highest BCUT2D eigenvalue weighted by Crippen LogP contribution is 2.12. The van der Waals surface area contributed by atoms with E-state index in [1.807, 2.05) is 0 Å². The van der Waals surface area contributed by atoms with Crippen LogP contribution >= 0.6 is 11.6 Å². The quantitative estimate of drug-likeness (QED) is 0.724. The van der Waals surface area contributed by atoms with Gasteiger partial charge in [-0.2, -0.15) is 0 Å². The smallest absolute Gasteiger partial charge is 0.227 e. The fourth-order valence-electron chi connectivity index (χ4n) is 0.818. The molecule has 0 radical (unpaired) electrons. The van der Waals surface area contributed by atoms with E-state index in [9.17, 15) is 9.18 Å². The lowest BCUT2D eigenvalue weighted by Crippen LogP contribution is -2.14.